The third-order valence-corrected chi connectivity index (χ3v) is 3.50. The normalized spacial score (nSPS) is 11.2. The van der Waals surface area contributed by atoms with Gasteiger partial charge >= 0.3 is 6.18 Å². The van der Waals surface area contributed by atoms with Crippen molar-refractivity contribution < 1.29 is 18.0 Å². The predicted molar refractivity (Wildman–Crippen MR) is 87.6 cm³/mol. The molecule has 0 aliphatic carbocycles. The van der Waals surface area contributed by atoms with Crippen LogP contribution in [0.25, 0.3) is 0 Å². The van der Waals surface area contributed by atoms with E-state index in [1.807, 2.05) is 31.2 Å². The zero-order valence-electron chi connectivity index (χ0n) is 13.3. The Morgan fingerprint density at radius 2 is 1.62 bits per heavy atom. The first-order valence-corrected chi connectivity index (χ1v) is 7.58. The number of aryl methyl sites for hydroxylation is 1. The largest absolute Gasteiger partial charge is 0.416 e. The molecule has 3 nitrogen and oxygen atoms in total. The van der Waals surface area contributed by atoms with Crippen LogP contribution >= 0.6 is 0 Å². The van der Waals surface area contributed by atoms with Crippen molar-refractivity contribution in [3.05, 3.63) is 65.2 Å². The summed E-state index contributed by atoms with van der Waals surface area (Å²) in [5.74, 6) is -0.116. The van der Waals surface area contributed by atoms with Crippen molar-refractivity contribution in [2.45, 2.75) is 26.1 Å². The molecule has 0 radical (unpaired) electrons. The summed E-state index contributed by atoms with van der Waals surface area (Å²) in [4.78, 5) is 11.8. The summed E-state index contributed by atoms with van der Waals surface area (Å²) in [7, 11) is 0. The Labute approximate surface area is 138 Å². The maximum atomic E-state index is 12.5. The Balaban J connectivity index is 1.71. The van der Waals surface area contributed by atoms with Crippen molar-refractivity contribution in [1.29, 1.82) is 0 Å². The molecule has 0 unspecified atom stereocenters. The second-order valence-corrected chi connectivity index (χ2v) is 5.51. The molecule has 2 aromatic carbocycles. The number of carbonyl (C=O) groups excluding carboxylic acids is 1. The second kappa shape index (κ2) is 7.86. The first kappa shape index (κ1) is 17.8. The number of alkyl halides is 3. The Bertz CT molecular complexity index is 664. The van der Waals surface area contributed by atoms with Crippen LogP contribution in [0.2, 0.25) is 0 Å². The number of rotatable bonds is 6. The van der Waals surface area contributed by atoms with Gasteiger partial charge in [-0.3, -0.25) is 4.79 Å². The molecule has 2 rings (SSSR count). The van der Waals surface area contributed by atoms with Crippen molar-refractivity contribution in [2.24, 2.45) is 0 Å². The van der Waals surface area contributed by atoms with Gasteiger partial charge in [0.25, 0.3) is 0 Å². The van der Waals surface area contributed by atoms with Gasteiger partial charge in [0.05, 0.1) is 5.56 Å². The smallest absolute Gasteiger partial charge is 0.385 e. The Morgan fingerprint density at radius 1 is 1.00 bits per heavy atom. The van der Waals surface area contributed by atoms with Gasteiger partial charge < -0.3 is 10.6 Å². The summed E-state index contributed by atoms with van der Waals surface area (Å²) >= 11 is 0. The second-order valence-electron chi connectivity index (χ2n) is 5.51. The molecular weight excluding hydrogens is 317 g/mol. The van der Waals surface area contributed by atoms with E-state index in [1.165, 1.54) is 12.1 Å². The van der Waals surface area contributed by atoms with Crippen LogP contribution in [0, 0.1) is 6.92 Å². The molecule has 0 fully saturated rings. The lowest BCUT2D eigenvalue weighted by atomic mass is 10.1. The molecule has 0 saturated carbocycles. The van der Waals surface area contributed by atoms with Crippen molar-refractivity contribution in [1.82, 2.24) is 5.32 Å². The average Bonchev–Trinajstić information content (AvgIpc) is 2.54. The van der Waals surface area contributed by atoms with Gasteiger partial charge in [0.1, 0.15) is 0 Å². The molecule has 0 spiro atoms. The van der Waals surface area contributed by atoms with E-state index in [2.05, 4.69) is 10.6 Å². The summed E-state index contributed by atoms with van der Waals surface area (Å²) in [6.07, 6.45) is -4.10. The summed E-state index contributed by atoms with van der Waals surface area (Å²) in [5.41, 5.74) is 2.04. The van der Waals surface area contributed by atoms with Crippen LogP contribution in [0.5, 0.6) is 0 Å². The third kappa shape index (κ3) is 5.61. The van der Waals surface area contributed by atoms with Crippen LogP contribution in [0.15, 0.2) is 48.5 Å². The molecule has 0 saturated heterocycles. The van der Waals surface area contributed by atoms with E-state index >= 15 is 0 Å². The summed E-state index contributed by atoms with van der Waals surface area (Å²) < 4.78 is 37.4. The first-order valence-electron chi connectivity index (χ1n) is 7.58. The van der Waals surface area contributed by atoms with Crippen molar-refractivity contribution in [2.75, 3.05) is 11.9 Å². The molecule has 0 atom stereocenters. The average molecular weight is 336 g/mol. The van der Waals surface area contributed by atoms with Crippen molar-refractivity contribution in [3.63, 3.8) is 0 Å². The molecule has 0 aliphatic rings. The minimum Gasteiger partial charge on any atom is -0.385 e. The molecule has 0 aliphatic heterocycles. The highest BCUT2D eigenvalue weighted by molar-refractivity contribution is 5.76. The van der Waals surface area contributed by atoms with E-state index in [-0.39, 0.29) is 12.3 Å². The SMILES string of the molecule is Cc1ccc(CNC(=O)CCNc2ccc(C(F)(F)F)cc2)cc1. The highest BCUT2D eigenvalue weighted by Crippen LogP contribution is 2.29. The van der Waals surface area contributed by atoms with E-state index < -0.39 is 11.7 Å². The number of nitrogens with one attached hydrogen (secondary N) is 2. The highest BCUT2D eigenvalue weighted by atomic mass is 19.4. The highest BCUT2D eigenvalue weighted by Gasteiger charge is 2.29. The molecule has 128 valence electrons. The van der Waals surface area contributed by atoms with E-state index in [1.54, 1.807) is 0 Å². The van der Waals surface area contributed by atoms with Crippen LogP contribution in [0.1, 0.15) is 23.1 Å². The predicted octanol–water partition coefficient (Wildman–Crippen LogP) is 4.13. The van der Waals surface area contributed by atoms with Gasteiger partial charge in [-0.25, -0.2) is 0 Å². The van der Waals surface area contributed by atoms with Gasteiger partial charge in [-0.1, -0.05) is 29.8 Å². The lowest BCUT2D eigenvalue weighted by molar-refractivity contribution is -0.137. The van der Waals surface area contributed by atoms with Gasteiger partial charge in [0, 0.05) is 25.2 Å². The van der Waals surface area contributed by atoms with Crippen molar-refractivity contribution >= 4 is 11.6 Å². The maximum absolute atomic E-state index is 12.5. The quantitative estimate of drug-likeness (QED) is 0.833. The van der Waals surface area contributed by atoms with Gasteiger partial charge in [0.15, 0.2) is 0 Å². The fourth-order valence-electron chi connectivity index (χ4n) is 2.09. The molecule has 24 heavy (non-hydrogen) atoms. The van der Waals surface area contributed by atoms with Crippen LogP contribution in [-0.2, 0) is 17.5 Å². The number of benzene rings is 2. The molecule has 1 amide bonds. The maximum Gasteiger partial charge on any atom is 0.416 e. The fraction of sp³-hybridized carbons (Fsp3) is 0.278. The summed E-state index contributed by atoms with van der Waals surface area (Å²) in [5, 5.41) is 5.74. The zero-order chi connectivity index (χ0) is 17.6. The Kier molecular flexibility index (Phi) is 5.84. The molecule has 0 aromatic heterocycles. The summed E-state index contributed by atoms with van der Waals surface area (Å²) in [6, 6.07) is 12.6. The van der Waals surface area contributed by atoms with E-state index in [4.69, 9.17) is 0 Å². The third-order valence-electron chi connectivity index (χ3n) is 3.50. The number of hydrogen-bond donors (Lipinski definition) is 2. The van der Waals surface area contributed by atoms with Gasteiger partial charge in [-0.05, 0) is 36.8 Å². The molecule has 0 bridgehead atoms. The van der Waals surface area contributed by atoms with Crippen LogP contribution in [0.3, 0.4) is 0 Å². The van der Waals surface area contributed by atoms with E-state index in [9.17, 15) is 18.0 Å². The minimum atomic E-state index is -4.34. The van der Waals surface area contributed by atoms with Crippen LogP contribution < -0.4 is 10.6 Å². The topological polar surface area (TPSA) is 41.1 Å². The zero-order valence-corrected chi connectivity index (χ0v) is 13.3. The first-order chi connectivity index (χ1) is 11.3. The van der Waals surface area contributed by atoms with Gasteiger partial charge in [-0.15, -0.1) is 0 Å². The number of hydrogen-bond acceptors (Lipinski definition) is 2. The van der Waals surface area contributed by atoms with Crippen LogP contribution in [-0.4, -0.2) is 12.5 Å². The number of anilines is 1. The number of carbonyl (C=O) groups is 1. The van der Waals surface area contributed by atoms with E-state index in [0.717, 1.165) is 23.3 Å². The number of amides is 1. The lowest BCUT2D eigenvalue weighted by Crippen LogP contribution is -2.24. The summed E-state index contributed by atoms with van der Waals surface area (Å²) in [6.45, 7) is 2.81. The molecule has 6 heteroatoms. The molecule has 2 aromatic rings. The van der Waals surface area contributed by atoms with Gasteiger partial charge in [0.2, 0.25) is 5.91 Å². The Morgan fingerprint density at radius 3 is 2.21 bits per heavy atom. The molecule has 0 heterocycles. The molecular formula is C18H19F3N2O. The van der Waals surface area contributed by atoms with Gasteiger partial charge in [-0.2, -0.15) is 13.2 Å². The van der Waals surface area contributed by atoms with E-state index in [0.29, 0.717) is 18.8 Å². The standard InChI is InChI=1S/C18H19F3N2O/c1-13-2-4-14(5-3-13)12-23-17(24)10-11-22-16-8-6-15(7-9-16)18(19,20)21/h2-9,22H,10-12H2,1H3,(H,23,24). The lowest BCUT2D eigenvalue weighted by Gasteiger charge is -2.10. The Hall–Kier alpha value is -2.50. The van der Waals surface area contributed by atoms with Crippen LogP contribution in [0.4, 0.5) is 18.9 Å². The molecule has 2 N–H and O–H groups in total. The number of halogens is 3. The minimum absolute atomic E-state index is 0.116. The monoisotopic (exact) mass is 336 g/mol. The fourth-order valence-corrected chi connectivity index (χ4v) is 2.09. The van der Waals surface area contributed by atoms with Crippen molar-refractivity contribution in [3.8, 4) is 0 Å².